The van der Waals surface area contributed by atoms with Gasteiger partial charge in [-0.3, -0.25) is 9.59 Å². The molecule has 2 aliphatic carbocycles. The van der Waals surface area contributed by atoms with E-state index in [0.29, 0.717) is 17.9 Å². The van der Waals surface area contributed by atoms with E-state index in [9.17, 15) is 14.4 Å². The zero-order valence-electron chi connectivity index (χ0n) is 15.2. The highest BCUT2D eigenvalue weighted by molar-refractivity contribution is 6.38. The number of benzene rings is 1. The molecule has 142 valence electrons. The summed E-state index contributed by atoms with van der Waals surface area (Å²) in [6.45, 7) is 4.63. The largest absolute Gasteiger partial charge is 0.461 e. The molecule has 4 atom stereocenters. The molecule has 0 amide bonds. The number of rotatable bonds is 4. The summed E-state index contributed by atoms with van der Waals surface area (Å²) in [7, 11) is 0. The van der Waals surface area contributed by atoms with Gasteiger partial charge in [0.25, 0.3) is 0 Å². The SMILES string of the molecule is CCOC(=O)C1=NO[C@@H]2[C@H]1[C@@H]1C[C@H]2c2c(OC(C)=O)ccc(OC(C)=O)c21. The van der Waals surface area contributed by atoms with E-state index in [-0.39, 0.29) is 36.2 Å². The first kappa shape index (κ1) is 17.5. The van der Waals surface area contributed by atoms with Crippen molar-refractivity contribution in [3.8, 4) is 11.5 Å². The molecule has 2 bridgehead atoms. The molecule has 0 saturated heterocycles. The summed E-state index contributed by atoms with van der Waals surface area (Å²) in [6.07, 6.45) is 0.360. The molecule has 1 saturated carbocycles. The van der Waals surface area contributed by atoms with Crippen molar-refractivity contribution in [2.45, 2.75) is 45.1 Å². The van der Waals surface area contributed by atoms with Crippen molar-refractivity contribution in [3.63, 3.8) is 0 Å². The molecule has 27 heavy (non-hydrogen) atoms. The van der Waals surface area contributed by atoms with Crippen LogP contribution in [0.4, 0.5) is 0 Å². The summed E-state index contributed by atoms with van der Waals surface area (Å²) in [5.41, 5.74) is 1.82. The van der Waals surface area contributed by atoms with Crippen molar-refractivity contribution in [3.05, 3.63) is 23.3 Å². The molecular formula is C19H19NO7. The number of hydrogen-bond donors (Lipinski definition) is 0. The number of hydrogen-bond acceptors (Lipinski definition) is 8. The van der Waals surface area contributed by atoms with Crippen LogP contribution < -0.4 is 9.47 Å². The second-order valence-corrected chi connectivity index (χ2v) is 6.82. The van der Waals surface area contributed by atoms with Gasteiger partial charge in [0, 0.05) is 36.8 Å². The van der Waals surface area contributed by atoms with Crippen molar-refractivity contribution in [2.75, 3.05) is 6.61 Å². The Balaban J connectivity index is 1.78. The monoisotopic (exact) mass is 373 g/mol. The topological polar surface area (TPSA) is 100 Å². The Kier molecular flexibility index (Phi) is 4.13. The van der Waals surface area contributed by atoms with Crippen LogP contribution in [0.25, 0.3) is 0 Å². The van der Waals surface area contributed by atoms with Crippen molar-refractivity contribution in [1.29, 1.82) is 0 Å². The third-order valence-corrected chi connectivity index (χ3v) is 5.22. The quantitative estimate of drug-likeness (QED) is 0.588. The first-order valence-electron chi connectivity index (χ1n) is 8.86. The summed E-state index contributed by atoms with van der Waals surface area (Å²) in [6, 6.07) is 3.24. The van der Waals surface area contributed by atoms with E-state index in [1.807, 2.05) is 0 Å². The minimum atomic E-state index is -0.496. The van der Waals surface area contributed by atoms with Gasteiger partial charge in [0.05, 0.1) is 12.5 Å². The summed E-state index contributed by atoms with van der Waals surface area (Å²) in [5, 5.41) is 3.97. The Morgan fingerprint density at radius 1 is 1.07 bits per heavy atom. The molecule has 0 spiro atoms. The molecule has 1 aliphatic heterocycles. The number of carbonyl (C=O) groups excluding carboxylic acids is 3. The molecule has 0 N–H and O–H groups in total. The van der Waals surface area contributed by atoms with Gasteiger partial charge in [-0.25, -0.2) is 4.79 Å². The van der Waals surface area contributed by atoms with Gasteiger partial charge in [-0.15, -0.1) is 0 Å². The van der Waals surface area contributed by atoms with Crippen LogP contribution >= 0.6 is 0 Å². The molecule has 8 nitrogen and oxygen atoms in total. The lowest BCUT2D eigenvalue weighted by Gasteiger charge is -2.28. The molecule has 0 aromatic heterocycles. The van der Waals surface area contributed by atoms with Crippen LogP contribution in [0.3, 0.4) is 0 Å². The maximum atomic E-state index is 12.3. The Labute approximate surface area is 155 Å². The molecule has 0 radical (unpaired) electrons. The fourth-order valence-corrected chi connectivity index (χ4v) is 4.50. The lowest BCUT2D eigenvalue weighted by Crippen LogP contribution is -2.34. The number of oxime groups is 1. The fraction of sp³-hybridized carbons (Fsp3) is 0.474. The minimum absolute atomic E-state index is 0.115. The van der Waals surface area contributed by atoms with Crippen LogP contribution in [0.2, 0.25) is 0 Å². The Morgan fingerprint density at radius 3 is 2.22 bits per heavy atom. The van der Waals surface area contributed by atoms with E-state index >= 15 is 0 Å². The van der Waals surface area contributed by atoms with Crippen molar-refractivity contribution < 1.29 is 33.4 Å². The molecule has 8 heteroatoms. The third-order valence-electron chi connectivity index (χ3n) is 5.22. The van der Waals surface area contributed by atoms with Crippen LogP contribution in [0.15, 0.2) is 17.3 Å². The van der Waals surface area contributed by atoms with Gasteiger partial charge in [-0.2, -0.15) is 0 Å². The Morgan fingerprint density at radius 2 is 1.67 bits per heavy atom. The van der Waals surface area contributed by atoms with E-state index in [1.165, 1.54) is 13.8 Å². The van der Waals surface area contributed by atoms with E-state index in [0.717, 1.165) is 11.1 Å². The Bertz CT molecular complexity index is 875. The minimum Gasteiger partial charge on any atom is -0.461 e. The fourth-order valence-electron chi connectivity index (χ4n) is 4.50. The second kappa shape index (κ2) is 6.37. The highest BCUT2D eigenvalue weighted by atomic mass is 16.6. The first-order valence-corrected chi connectivity index (χ1v) is 8.86. The zero-order chi connectivity index (χ0) is 19.3. The van der Waals surface area contributed by atoms with E-state index in [4.69, 9.17) is 19.0 Å². The summed E-state index contributed by atoms with van der Waals surface area (Å²) < 4.78 is 15.8. The van der Waals surface area contributed by atoms with E-state index < -0.39 is 17.9 Å². The normalized spacial score (nSPS) is 26.6. The van der Waals surface area contributed by atoms with Gasteiger partial charge in [0.1, 0.15) is 17.6 Å². The average Bonchev–Trinajstić information content (AvgIpc) is 3.26. The first-order chi connectivity index (χ1) is 12.9. The van der Waals surface area contributed by atoms with Gasteiger partial charge >= 0.3 is 17.9 Å². The summed E-state index contributed by atoms with van der Waals surface area (Å²) in [4.78, 5) is 40.9. The zero-order valence-corrected chi connectivity index (χ0v) is 15.2. The highest BCUT2D eigenvalue weighted by Crippen LogP contribution is 2.63. The summed E-state index contributed by atoms with van der Waals surface area (Å²) >= 11 is 0. The van der Waals surface area contributed by atoms with Gasteiger partial charge in [-0.05, 0) is 25.5 Å². The summed E-state index contributed by atoms with van der Waals surface area (Å²) in [5.74, 6) is -1.07. The maximum Gasteiger partial charge on any atom is 0.356 e. The van der Waals surface area contributed by atoms with Crippen LogP contribution in [0.1, 0.15) is 50.2 Å². The highest BCUT2D eigenvalue weighted by Gasteiger charge is 2.60. The standard InChI is InChI=1S/C19H19NO7/c1-4-24-19(23)17-16-10-7-11(18(16)27-20-17)15-13(26-9(3)22)6-5-12(14(10)15)25-8(2)21/h5-6,10-11,16,18H,4,7H2,1-3H3/t10-,11+,16+,18+/m1/s1. The van der Waals surface area contributed by atoms with Gasteiger partial charge < -0.3 is 19.0 Å². The van der Waals surface area contributed by atoms with Crippen molar-refractivity contribution in [2.24, 2.45) is 11.1 Å². The second-order valence-electron chi connectivity index (χ2n) is 6.82. The van der Waals surface area contributed by atoms with Gasteiger partial charge in [0.2, 0.25) is 0 Å². The van der Waals surface area contributed by atoms with Gasteiger partial charge in [-0.1, -0.05) is 5.16 Å². The van der Waals surface area contributed by atoms with Crippen molar-refractivity contribution >= 4 is 23.6 Å². The van der Waals surface area contributed by atoms with Crippen LogP contribution in [-0.4, -0.2) is 36.3 Å². The van der Waals surface area contributed by atoms with Crippen LogP contribution in [0.5, 0.6) is 11.5 Å². The molecule has 0 unspecified atom stereocenters. The number of fused-ring (bicyclic) bond motifs is 8. The smallest absolute Gasteiger partial charge is 0.356 e. The van der Waals surface area contributed by atoms with E-state index in [2.05, 4.69) is 5.16 Å². The number of carbonyl (C=O) groups is 3. The Hall–Kier alpha value is -2.90. The molecule has 3 aliphatic rings. The van der Waals surface area contributed by atoms with Crippen LogP contribution in [-0.2, 0) is 24.0 Å². The lowest BCUT2D eigenvalue weighted by molar-refractivity contribution is -0.135. The van der Waals surface area contributed by atoms with E-state index in [1.54, 1.807) is 19.1 Å². The van der Waals surface area contributed by atoms with Crippen molar-refractivity contribution in [1.82, 2.24) is 0 Å². The molecule has 1 heterocycles. The molecular weight excluding hydrogens is 354 g/mol. The molecule has 1 aromatic carbocycles. The third kappa shape index (κ3) is 2.67. The maximum absolute atomic E-state index is 12.3. The molecule has 1 fully saturated rings. The predicted molar refractivity (Wildman–Crippen MR) is 91.6 cm³/mol. The number of ether oxygens (including phenoxy) is 3. The predicted octanol–water partition coefficient (Wildman–Crippen LogP) is 2.06. The van der Waals surface area contributed by atoms with Crippen LogP contribution in [0, 0.1) is 5.92 Å². The average molecular weight is 373 g/mol. The molecule has 4 rings (SSSR count). The lowest BCUT2D eigenvalue weighted by atomic mass is 9.78. The number of esters is 3. The molecule has 1 aromatic rings. The van der Waals surface area contributed by atoms with Gasteiger partial charge in [0.15, 0.2) is 5.71 Å². The number of nitrogens with zero attached hydrogens (tertiary/aromatic N) is 1.